The van der Waals surface area contributed by atoms with Crippen LogP contribution in [0.4, 0.5) is 0 Å². The molecule has 0 fully saturated rings. The number of nitrogens with zero attached hydrogens (tertiary/aromatic N) is 3. The monoisotopic (exact) mass is 310 g/mol. The highest BCUT2D eigenvalue weighted by molar-refractivity contribution is 6.30. The Hall–Kier alpha value is -2.12. The lowest BCUT2D eigenvalue weighted by molar-refractivity contribution is -0.121. The molecular weight excluding hydrogens is 296 g/mol. The van der Waals surface area contributed by atoms with E-state index in [0.29, 0.717) is 22.2 Å². The Kier molecular flexibility index (Phi) is 5.13. The number of aromatic nitrogens is 3. The molecule has 0 saturated carbocycles. The summed E-state index contributed by atoms with van der Waals surface area (Å²) in [6.45, 7) is -0.114. The number of aliphatic hydroxyl groups is 1. The van der Waals surface area contributed by atoms with Gasteiger partial charge in [-0.25, -0.2) is 4.68 Å². The van der Waals surface area contributed by atoms with Crippen LogP contribution in [0.1, 0.15) is 11.4 Å². The maximum absolute atomic E-state index is 11.4. The molecule has 0 radical (unpaired) electrons. The van der Waals surface area contributed by atoms with Gasteiger partial charge in [0, 0.05) is 12.1 Å². The number of nitrogens with one attached hydrogen (secondary N) is 1. The predicted molar refractivity (Wildman–Crippen MR) is 75.8 cm³/mol. The number of hydrogen-bond acceptors (Lipinski definition) is 5. The van der Waals surface area contributed by atoms with Crippen LogP contribution in [-0.4, -0.2) is 33.1 Å². The second kappa shape index (κ2) is 7.05. The first-order chi connectivity index (χ1) is 10.1. The van der Waals surface area contributed by atoms with Gasteiger partial charge >= 0.3 is 0 Å². The van der Waals surface area contributed by atoms with E-state index in [-0.39, 0.29) is 25.7 Å². The molecule has 112 valence electrons. The molecule has 1 heterocycles. The van der Waals surface area contributed by atoms with Crippen molar-refractivity contribution in [1.29, 1.82) is 0 Å². The van der Waals surface area contributed by atoms with Gasteiger partial charge in [0.05, 0.1) is 6.61 Å². The van der Waals surface area contributed by atoms with Crippen LogP contribution in [0.25, 0.3) is 0 Å². The standard InChI is InChI=1S/C13H15ClN4O3/c1-15-13(20)6-18-12(11(7-19)16-17-18)8-21-10-4-2-9(14)3-5-10/h2-5,19H,6-8H2,1H3,(H,15,20). The summed E-state index contributed by atoms with van der Waals surface area (Å²) in [7, 11) is 1.54. The van der Waals surface area contributed by atoms with Crippen molar-refractivity contribution in [2.75, 3.05) is 7.05 Å². The SMILES string of the molecule is CNC(=O)Cn1nnc(CO)c1COc1ccc(Cl)cc1. The van der Waals surface area contributed by atoms with Gasteiger partial charge < -0.3 is 15.2 Å². The lowest BCUT2D eigenvalue weighted by Gasteiger charge is -2.09. The molecule has 0 saturated heterocycles. The summed E-state index contributed by atoms with van der Waals surface area (Å²) in [6, 6.07) is 6.88. The zero-order chi connectivity index (χ0) is 15.2. The molecule has 0 spiro atoms. The zero-order valence-electron chi connectivity index (χ0n) is 11.4. The number of carbonyl (C=O) groups is 1. The molecule has 2 rings (SSSR count). The van der Waals surface area contributed by atoms with Crippen LogP contribution in [0.15, 0.2) is 24.3 Å². The quantitative estimate of drug-likeness (QED) is 0.822. The number of amides is 1. The number of likely N-dealkylation sites (N-methyl/N-ethyl adjacent to an activating group) is 1. The highest BCUT2D eigenvalue weighted by atomic mass is 35.5. The Morgan fingerprint density at radius 2 is 2.14 bits per heavy atom. The van der Waals surface area contributed by atoms with E-state index in [1.165, 1.54) is 11.7 Å². The maximum atomic E-state index is 11.4. The first-order valence-corrected chi connectivity index (χ1v) is 6.63. The van der Waals surface area contributed by atoms with Gasteiger partial charge in [-0.1, -0.05) is 16.8 Å². The molecule has 0 atom stereocenters. The molecule has 0 aliphatic carbocycles. The summed E-state index contributed by atoms with van der Waals surface area (Å²) in [5.74, 6) is 0.410. The van der Waals surface area contributed by atoms with Crippen molar-refractivity contribution >= 4 is 17.5 Å². The summed E-state index contributed by atoms with van der Waals surface area (Å²) >= 11 is 5.80. The highest BCUT2D eigenvalue weighted by Gasteiger charge is 2.15. The smallest absolute Gasteiger partial charge is 0.241 e. The van der Waals surface area contributed by atoms with Crippen LogP contribution in [0.2, 0.25) is 5.02 Å². The third-order valence-corrected chi connectivity index (χ3v) is 3.08. The second-order valence-corrected chi connectivity index (χ2v) is 4.65. The van der Waals surface area contributed by atoms with E-state index in [2.05, 4.69) is 15.6 Å². The maximum Gasteiger partial charge on any atom is 0.241 e. The van der Waals surface area contributed by atoms with Gasteiger partial charge in [0.15, 0.2) is 0 Å². The topological polar surface area (TPSA) is 89.3 Å². The van der Waals surface area contributed by atoms with Gasteiger partial charge in [0.25, 0.3) is 0 Å². The molecule has 0 bridgehead atoms. The molecule has 0 unspecified atom stereocenters. The van der Waals surface area contributed by atoms with Crippen molar-refractivity contribution in [3.05, 3.63) is 40.7 Å². The number of hydrogen-bond donors (Lipinski definition) is 2. The van der Waals surface area contributed by atoms with Gasteiger partial charge in [-0.15, -0.1) is 5.10 Å². The molecule has 1 aromatic carbocycles. The van der Waals surface area contributed by atoms with Crippen LogP contribution in [0.5, 0.6) is 5.75 Å². The minimum absolute atomic E-state index is 0.0167. The molecule has 0 aliphatic heterocycles. The van der Waals surface area contributed by atoms with Crippen molar-refractivity contribution in [3.63, 3.8) is 0 Å². The molecule has 0 aliphatic rings. The molecule has 7 nitrogen and oxygen atoms in total. The van der Waals surface area contributed by atoms with Crippen molar-refractivity contribution < 1.29 is 14.6 Å². The number of aliphatic hydroxyl groups excluding tert-OH is 1. The molecule has 8 heteroatoms. The van der Waals surface area contributed by atoms with E-state index in [4.69, 9.17) is 16.3 Å². The van der Waals surface area contributed by atoms with Gasteiger partial charge in [-0.3, -0.25) is 4.79 Å². The van der Waals surface area contributed by atoms with Gasteiger partial charge in [0.2, 0.25) is 5.91 Å². The largest absolute Gasteiger partial charge is 0.487 e. The fourth-order valence-corrected chi connectivity index (χ4v) is 1.80. The summed E-state index contributed by atoms with van der Waals surface area (Å²) < 4.78 is 7.00. The minimum atomic E-state index is -0.271. The van der Waals surface area contributed by atoms with E-state index in [1.54, 1.807) is 24.3 Å². The van der Waals surface area contributed by atoms with Crippen LogP contribution in [0.3, 0.4) is 0 Å². The van der Waals surface area contributed by atoms with Crippen molar-refractivity contribution in [3.8, 4) is 5.75 Å². The van der Waals surface area contributed by atoms with Crippen LogP contribution >= 0.6 is 11.6 Å². The Balaban J connectivity index is 2.11. The first-order valence-electron chi connectivity index (χ1n) is 6.25. The van der Waals surface area contributed by atoms with Gasteiger partial charge in [-0.05, 0) is 24.3 Å². The molecule has 2 aromatic rings. The number of carbonyl (C=O) groups excluding carboxylic acids is 1. The number of benzene rings is 1. The van der Waals surface area contributed by atoms with E-state index in [9.17, 15) is 9.90 Å². The normalized spacial score (nSPS) is 10.4. The third kappa shape index (κ3) is 3.93. The molecule has 1 aromatic heterocycles. The molecule has 21 heavy (non-hydrogen) atoms. The number of rotatable bonds is 6. The lowest BCUT2D eigenvalue weighted by Crippen LogP contribution is -2.25. The van der Waals surface area contributed by atoms with Gasteiger partial charge in [0.1, 0.15) is 30.3 Å². The Labute approximate surface area is 126 Å². The third-order valence-electron chi connectivity index (χ3n) is 2.83. The van der Waals surface area contributed by atoms with Crippen LogP contribution in [0, 0.1) is 0 Å². The average Bonchev–Trinajstić information content (AvgIpc) is 2.88. The Bertz CT molecular complexity index is 612. The van der Waals surface area contributed by atoms with Crippen LogP contribution in [-0.2, 0) is 24.6 Å². The summed E-state index contributed by atoms with van der Waals surface area (Å²) in [5, 5.41) is 20.1. The molecule has 2 N–H and O–H groups in total. The van der Waals surface area contributed by atoms with Crippen LogP contribution < -0.4 is 10.1 Å². The lowest BCUT2D eigenvalue weighted by atomic mass is 10.3. The van der Waals surface area contributed by atoms with Crippen molar-refractivity contribution in [2.45, 2.75) is 19.8 Å². The average molecular weight is 311 g/mol. The zero-order valence-corrected chi connectivity index (χ0v) is 12.2. The second-order valence-electron chi connectivity index (χ2n) is 4.21. The summed E-state index contributed by atoms with van der Waals surface area (Å²) in [5.41, 5.74) is 0.934. The van der Waals surface area contributed by atoms with E-state index in [1.807, 2.05) is 0 Å². The van der Waals surface area contributed by atoms with Crippen molar-refractivity contribution in [1.82, 2.24) is 20.3 Å². The first kappa shape index (κ1) is 15.3. The van der Waals surface area contributed by atoms with E-state index >= 15 is 0 Å². The van der Waals surface area contributed by atoms with E-state index < -0.39 is 0 Å². The highest BCUT2D eigenvalue weighted by Crippen LogP contribution is 2.17. The Morgan fingerprint density at radius 3 is 2.76 bits per heavy atom. The fourth-order valence-electron chi connectivity index (χ4n) is 1.67. The number of ether oxygens (including phenoxy) is 1. The minimum Gasteiger partial charge on any atom is -0.487 e. The van der Waals surface area contributed by atoms with E-state index in [0.717, 1.165) is 0 Å². The fraction of sp³-hybridized carbons (Fsp3) is 0.308. The molecule has 1 amide bonds. The summed E-state index contributed by atoms with van der Waals surface area (Å²) in [4.78, 5) is 11.4. The number of halogens is 1. The Morgan fingerprint density at radius 1 is 1.43 bits per heavy atom. The van der Waals surface area contributed by atoms with Crippen molar-refractivity contribution in [2.24, 2.45) is 0 Å². The van der Waals surface area contributed by atoms with Gasteiger partial charge in [-0.2, -0.15) is 0 Å². The summed E-state index contributed by atoms with van der Waals surface area (Å²) in [6.07, 6.45) is 0. The predicted octanol–water partition coefficient (Wildman–Crippen LogP) is 0.749. The molecular formula is C13H15ClN4O3.